The zero-order valence-electron chi connectivity index (χ0n) is 13.6. The highest BCUT2D eigenvalue weighted by molar-refractivity contribution is 5.33. The van der Waals surface area contributed by atoms with Gasteiger partial charge in [-0.15, -0.1) is 0 Å². The molecule has 2 rings (SSSR count). The first-order valence-electron chi connectivity index (χ1n) is 8.67. The molecular weight excluding hydrogens is 260 g/mol. The van der Waals surface area contributed by atoms with Crippen LogP contribution in [0.3, 0.4) is 0 Å². The molecular formula is C19H30O2. The van der Waals surface area contributed by atoms with Gasteiger partial charge in [0, 0.05) is 6.07 Å². The molecule has 1 saturated carbocycles. The van der Waals surface area contributed by atoms with Gasteiger partial charge in [0.15, 0.2) is 0 Å². The van der Waals surface area contributed by atoms with E-state index in [2.05, 4.69) is 13.8 Å². The lowest BCUT2D eigenvalue weighted by molar-refractivity contribution is 0.207. The third kappa shape index (κ3) is 5.99. The van der Waals surface area contributed by atoms with E-state index in [4.69, 9.17) is 9.47 Å². The fraction of sp³-hybridized carbons (Fsp3) is 0.684. The fourth-order valence-corrected chi connectivity index (χ4v) is 2.87. The van der Waals surface area contributed by atoms with Crippen molar-refractivity contribution in [1.82, 2.24) is 0 Å². The van der Waals surface area contributed by atoms with Gasteiger partial charge in [-0.2, -0.15) is 0 Å². The van der Waals surface area contributed by atoms with Crippen LogP contribution in [0.1, 0.15) is 65.2 Å². The Hall–Kier alpha value is -1.18. The third-order valence-electron chi connectivity index (χ3n) is 4.43. The summed E-state index contributed by atoms with van der Waals surface area (Å²) in [7, 11) is 0. The lowest BCUT2D eigenvalue weighted by Gasteiger charge is -2.20. The Morgan fingerprint density at radius 1 is 1.05 bits per heavy atom. The summed E-state index contributed by atoms with van der Waals surface area (Å²) in [5.74, 6) is 2.59. The minimum absolute atomic E-state index is 0.255. The van der Waals surface area contributed by atoms with E-state index < -0.39 is 0 Å². The molecule has 0 aliphatic heterocycles. The second-order valence-electron chi connectivity index (χ2n) is 6.33. The molecule has 1 aromatic carbocycles. The molecule has 1 aliphatic rings. The third-order valence-corrected chi connectivity index (χ3v) is 4.43. The quantitative estimate of drug-likeness (QED) is 0.678. The Morgan fingerprint density at radius 2 is 1.71 bits per heavy atom. The highest BCUT2D eigenvalue weighted by atomic mass is 16.5. The first kappa shape index (κ1) is 16.2. The van der Waals surface area contributed by atoms with Crippen molar-refractivity contribution in [3.8, 4) is 11.5 Å². The molecule has 0 heterocycles. The molecule has 0 saturated heterocycles. The van der Waals surface area contributed by atoms with Crippen molar-refractivity contribution >= 4 is 0 Å². The Bertz CT molecular complexity index is 394. The summed E-state index contributed by atoms with van der Waals surface area (Å²) in [6.45, 7) is 5.09. The summed E-state index contributed by atoms with van der Waals surface area (Å²) in [4.78, 5) is 0. The SMILES string of the molecule is CC[C@H](C)Oc1cccc(OCC2CCCCCCC2)c1. The molecule has 0 radical (unpaired) electrons. The smallest absolute Gasteiger partial charge is 0.123 e. The van der Waals surface area contributed by atoms with E-state index in [-0.39, 0.29) is 6.10 Å². The van der Waals surface area contributed by atoms with E-state index in [1.807, 2.05) is 24.3 Å². The Morgan fingerprint density at radius 3 is 2.43 bits per heavy atom. The van der Waals surface area contributed by atoms with E-state index >= 15 is 0 Å². The van der Waals surface area contributed by atoms with E-state index in [1.165, 1.54) is 44.9 Å². The molecule has 0 bridgehead atoms. The number of hydrogen-bond donors (Lipinski definition) is 0. The lowest BCUT2D eigenvalue weighted by atomic mass is 9.92. The first-order valence-corrected chi connectivity index (χ1v) is 8.67. The molecule has 1 aromatic rings. The zero-order chi connectivity index (χ0) is 14.9. The molecule has 1 fully saturated rings. The van der Waals surface area contributed by atoms with Crippen molar-refractivity contribution < 1.29 is 9.47 Å². The maximum absolute atomic E-state index is 6.02. The molecule has 0 spiro atoms. The van der Waals surface area contributed by atoms with Crippen LogP contribution in [0.15, 0.2) is 24.3 Å². The molecule has 118 valence electrons. The van der Waals surface area contributed by atoms with Crippen LogP contribution in [0.25, 0.3) is 0 Å². The molecule has 1 atom stereocenters. The summed E-state index contributed by atoms with van der Waals surface area (Å²) < 4.78 is 11.9. The second kappa shape index (κ2) is 8.96. The molecule has 2 heteroatoms. The van der Waals surface area contributed by atoms with Crippen molar-refractivity contribution in [2.24, 2.45) is 5.92 Å². The summed E-state index contributed by atoms with van der Waals surface area (Å²) >= 11 is 0. The fourth-order valence-electron chi connectivity index (χ4n) is 2.87. The van der Waals surface area contributed by atoms with E-state index in [1.54, 1.807) is 0 Å². The zero-order valence-corrected chi connectivity index (χ0v) is 13.6. The summed E-state index contributed by atoms with van der Waals surface area (Å²) in [6.07, 6.45) is 10.9. The van der Waals surface area contributed by atoms with Crippen LogP contribution in [-0.4, -0.2) is 12.7 Å². The van der Waals surface area contributed by atoms with Crippen LogP contribution in [0.2, 0.25) is 0 Å². The largest absolute Gasteiger partial charge is 0.493 e. The number of rotatable bonds is 6. The molecule has 1 aliphatic carbocycles. The van der Waals surface area contributed by atoms with Gasteiger partial charge in [0.05, 0.1) is 12.7 Å². The van der Waals surface area contributed by atoms with Gasteiger partial charge in [-0.05, 0) is 44.2 Å². The molecule has 0 N–H and O–H groups in total. The van der Waals surface area contributed by atoms with Crippen molar-refractivity contribution in [1.29, 1.82) is 0 Å². The minimum Gasteiger partial charge on any atom is -0.493 e. The van der Waals surface area contributed by atoms with Crippen molar-refractivity contribution in [3.05, 3.63) is 24.3 Å². The summed E-state index contributed by atoms with van der Waals surface area (Å²) in [5, 5.41) is 0. The first-order chi connectivity index (χ1) is 10.3. The second-order valence-corrected chi connectivity index (χ2v) is 6.33. The van der Waals surface area contributed by atoms with Crippen LogP contribution in [0, 0.1) is 5.92 Å². The minimum atomic E-state index is 0.255. The van der Waals surface area contributed by atoms with Gasteiger partial charge in [0.2, 0.25) is 0 Å². The van der Waals surface area contributed by atoms with Crippen LogP contribution < -0.4 is 9.47 Å². The average Bonchev–Trinajstić information content (AvgIpc) is 2.46. The lowest BCUT2D eigenvalue weighted by Crippen LogP contribution is -2.14. The van der Waals surface area contributed by atoms with Crippen molar-refractivity contribution in [3.63, 3.8) is 0 Å². The summed E-state index contributed by atoms with van der Waals surface area (Å²) in [5.41, 5.74) is 0. The predicted octanol–water partition coefficient (Wildman–Crippen LogP) is 5.60. The highest BCUT2D eigenvalue weighted by Gasteiger charge is 2.12. The van der Waals surface area contributed by atoms with Gasteiger partial charge >= 0.3 is 0 Å². The Balaban J connectivity index is 1.82. The highest BCUT2D eigenvalue weighted by Crippen LogP contribution is 2.25. The maximum atomic E-state index is 6.02. The number of hydrogen-bond acceptors (Lipinski definition) is 2. The summed E-state index contributed by atoms with van der Waals surface area (Å²) in [6, 6.07) is 8.08. The average molecular weight is 290 g/mol. The number of ether oxygens (including phenoxy) is 2. The van der Waals surface area contributed by atoms with Gasteiger partial charge < -0.3 is 9.47 Å². The van der Waals surface area contributed by atoms with Gasteiger partial charge in [-0.25, -0.2) is 0 Å². The van der Waals surface area contributed by atoms with Crippen LogP contribution >= 0.6 is 0 Å². The maximum Gasteiger partial charge on any atom is 0.123 e. The molecule has 21 heavy (non-hydrogen) atoms. The van der Waals surface area contributed by atoms with E-state index in [0.29, 0.717) is 0 Å². The van der Waals surface area contributed by atoms with Gasteiger partial charge in [-0.1, -0.05) is 45.1 Å². The Labute approximate surface area is 129 Å². The monoisotopic (exact) mass is 290 g/mol. The molecule has 2 nitrogen and oxygen atoms in total. The van der Waals surface area contributed by atoms with Crippen molar-refractivity contribution in [2.45, 2.75) is 71.3 Å². The predicted molar refractivity (Wildman–Crippen MR) is 88.1 cm³/mol. The van der Waals surface area contributed by atoms with E-state index in [9.17, 15) is 0 Å². The molecule has 0 unspecified atom stereocenters. The van der Waals surface area contributed by atoms with Crippen LogP contribution in [0.5, 0.6) is 11.5 Å². The molecule has 0 aromatic heterocycles. The molecule has 0 amide bonds. The topological polar surface area (TPSA) is 18.5 Å². The van der Waals surface area contributed by atoms with E-state index in [0.717, 1.165) is 30.4 Å². The standard InChI is InChI=1S/C19H30O2/c1-3-16(2)21-19-13-9-12-18(14-19)20-15-17-10-7-5-4-6-8-11-17/h9,12-14,16-17H,3-8,10-11,15H2,1-2H3/t16-/m0/s1. The number of benzene rings is 1. The normalized spacial score (nSPS) is 18.6. The van der Waals surface area contributed by atoms with Gasteiger partial charge in [0.1, 0.15) is 11.5 Å². The van der Waals surface area contributed by atoms with Crippen LogP contribution in [-0.2, 0) is 0 Å². The Kier molecular flexibility index (Phi) is 6.91. The van der Waals surface area contributed by atoms with Crippen LogP contribution in [0.4, 0.5) is 0 Å². The van der Waals surface area contributed by atoms with Crippen molar-refractivity contribution in [2.75, 3.05) is 6.61 Å². The van der Waals surface area contributed by atoms with Gasteiger partial charge in [-0.3, -0.25) is 0 Å². The van der Waals surface area contributed by atoms with Gasteiger partial charge in [0.25, 0.3) is 0 Å².